The van der Waals surface area contributed by atoms with Crippen molar-refractivity contribution >= 4 is 17.8 Å². The third-order valence-electron chi connectivity index (χ3n) is 1.38. The highest BCUT2D eigenvalue weighted by Gasteiger charge is 2.23. The first kappa shape index (κ1) is 12.2. The van der Waals surface area contributed by atoms with Crippen molar-refractivity contribution in [3.8, 4) is 0 Å². The molecule has 0 rings (SSSR count). The van der Waals surface area contributed by atoms with Crippen LogP contribution >= 0.6 is 0 Å². The van der Waals surface area contributed by atoms with Crippen molar-refractivity contribution in [1.82, 2.24) is 10.6 Å². The molecular weight excluding hydrogens is 188 g/mol. The largest absolute Gasteiger partial charge is 0.367 e. The number of primary amides is 2. The Bertz CT molecular complexity index is 227. The molecule has 0 aliphatic carbocycles. The van der Waals surface area contributed by atoms with Gasteiger partial charge in [-0.1, -0.05) is 6.92 Å². The lowest BCUT2D eigenvalue weighted by molar-refractivity contribution is -0.128. The van der Waals surface area contributed by atoms with Crippen molar-refractivity contribution in [3.05, 3.63) is 0 Å². The Hall–Kier alpha value is -1.79. The van der Waals surface area contributed by atoms with Gasteiger partial charge in [-0.3, -0.25) is 9.59 Å². The minimum Gasteiger partial charge on any atom is -0.367 e. The lowest BCUT2D eigenvalue weighted by atomic mass is 10.3. The molecule has 0 saturated heterocycles. The van der Waals surface area contributed by atoms with Gasteiger partial charge in [-0.05, 0) is 6.42 Å². The van der Waals surface area contributed by atoms with Gasteiger partial charge in [0.1, 0.15) is 0 Å². The Morgan fingerprint density at radius 2 is 1.71 bits per heavy atom. The summed E-state index contributed by atoms with van der Waals surface area (Å²) in [5.41, 5.74) is 9.66. The topological polar surface area (TPSA) is 127 Å². The second-order valence-corrected chi connectivity index (χ2v) is 2.64. The van der Waals surface area contributed by atoms with E-state index in [1.807, 2.05) is 6.92 Å². The molecule has 4 amide bonds. The highest BCUT2D eigenvalue weighted by Crippen LogP contribution is 1.81. The van der Waals surface area contributed by atoms with Gasteiger partial charge in [-0.2, -0.15) is 0 Å². The van der Waals surface area contributed by atoms with E-state index in [2.05, 4.69) is 10.6 Å². The lowest BCUT2D eigenvalue weighted by Gasteiger charge is -2.12. The summed E-state index contributed by atoms with van der Waals surface area (Å²) in [6.45, 7) is 2.30. The van der Waals surface area contributed by atoms with E-state index in [0.717, 1.165) is 6.42 Å². The number of amides is 4. The van der Waals surface area contributed by atoms with Crippen LogP contribution in [0.15, 0.2) is 0 Å². The van der Waals surface area contributed by atoms with Crippen molar-refractivity contribution in [3.63, 3.8) is 0 Å². The monoisotopic (exact) mass is 202 g/mol. The summed E-state index contributed by atoms with van der Waals surface area (Å²) in [5, 5.41) is 4.46. The fraction of sp³-hybridized carbons (Fsp3) is 0.571. The Morgan fingerprint density at radius 1 is 1.21 bits per heavy atom. The zero-order valence-electron chi connectivity index (χ0n) is 7.87. The molecule has 0 spiro atoms. The third kappa shape index (κ3) is 4.29. The predicted molar refractivity (Wildman–Crippen MR) is 49.0 cm³/mol. The van der Waals surface area contributed by atoms with Gasteiger partial charge in [0.15, 0.2) is 6.04 Å². The molecule has 0 unspecified atom stereocenters. The van der Waals surface area contributed by atoms with E-state index in [-0.39, 0.29) is 0 Å². The van der Waals surface area contributed by atoms with Crippen LogP contribution in [0.4, 0.5) is 4.79 Å². The molecule has 0 heterocycles. The molecule has 0 saturated carbocycles. The number of rotatable bonds is 5. The Balaban J connectivity index is 4.10. The maximum Gasteiger partial charge on any atom is 0.315 e. The zero-order valence-corrected chi connectivity index (χ0v) is 7.87. The molecule has 7 nitrogen and oxygen atoms in total. The van der Waals surface area contributed by atoms with Crippen molar-refractivity contribution in [2.45, 2.75) is 19.4 Å². The lowest BCUT2D eigenvalue weighted by Crippen LogP contribution is -2.54. The van der Waals surface area contributed by atoms with Crippen LogP contribution < -0.4 is 22.1 Å². The number of urea groups is 1. The summed E-state index contributed by atoms with van der Waals surface area (Å²) in [6.07, 6.45) is 0.741. The fourth-order valence-electron chi connectivity index (χ4n) is 0.703. The van der Waals surface area contributed by atoms with Crippen LogP contribution in [0.25, 0.3) is 0 Å². The van der Waals surface area contributed by atoms with Gasteiger partial charge >= 0.3 is 6.03 Å². The highest BCUT2D eigenvalue weighted by molar-refractivity contribution is 6.05. The van der Waals surface area contributed by atoms with Crippen LogP contribution in [-0.2, 0) is 9.59 Å². The second-order valence-electron chi connectivity index (χ2n) is 2.64. The molecule has 0 aromatic heterocycles. The Labute approximate surface area is 81.2 Å². The van der Waals surface area contributed by atoms with Gasteiger partial charge in [-0.25, -0.2) is 4.79 Å². The van der Waals surface area contributed by atoms with E-state index in [4.69, 9.17) is 11.5 Å². The van der Waals surface area contributed by atoms with Gasteiger partial charge < -0.3 is 22.1 Å². The van der Waals surface area contributed by atoms with E-state index in [9.17, 15) is 14.4 Å². The molecule has 0 atom stereocenters. The number of hydrogen-bond donors (Lipinski definition) is 4. The summed E-state index contributed by atoms with van der Waals surface area (Å²) in [4.78, 5) is 32.2. The van der Waals surface area contributed by atoms with Gasteiger partial charge in [0.25, 0.3) is 0 Å². The summed E-state index contributed by atoms with van der Waals surface area (Å²) < 4.78 is 0. The van der Waals surface area contributed by atoms with Gasteiger partial charge in [0, 0.05) is 6.54 Å². The molecule has 0 radical (unpaired) electrons. The number of carbonyl (C=O) groups excluding carboxylic acids is 3. The van der Waals surface area contributed by atoms with Crippen LogP contribution in [-0.4, -0.2) is 30.4 Å². The average molecular weight is 202 g/mol. The standard InChI is InChI=1S/C7H14N4O3/c1-2-3-10-7(14)11-4(5(8)12)6(9)13/h4H,2-3H2,1H3,(H2,8,12)(H2,9,13)(H2,10,11,14). The minimum atomic E-state index is -1.47. The van der Waals surface area contributed by atoms with Gasteiger partial charge in [0.05, 0.1) is 0 Å². The molecule has 6 N–H and O–H groups in total. The summed E-state index contributed by atoms with van der Waals surface area (Å²) in [6, 6.07) is -2.11. The van der Waals surface area contributed by atoms with Crippen LogP contribution in [0, 0.1) is 0 Å². The molecule has 0 aliphatic rings. The van der Waals surface area contributed by atoms with E-state index in [1.54, 1.807) is 0 Å². The fourth-order valence-corrected chi connectivity index (χ4v) is 0.703. The van der Waals surface area contributed by atoms with Crippen LogP contribution in [0.5, 0.6) is 0 Å². The minimum absolute atomic E-state index is 0.441. The van der Waals surface area contributed by atoms with E-state index >= 15 is 0 Å². The molecule has 0 bridgehead atoms. The number of nitrogens with two attached hydrogens (primary N) is 2. The Morgan fingerprint density at radius 3 is 2.07 bits per heavy atom. The molecule has 14 heavy (non-hydrogen) atoms. The quantitative estimate of drug-likeness (QED) is 0.386. The third-order valence-corrected chi connectivity index (χ3v) is 1.38. The van der Waals surface area contributed by atoms with Crippen LogP contribution in [0.1, 0.15) is 13.3 Å². The van der Waals surface area contributed by atoms with Crippen molar-refractivity contribution in [1.29, 1.82) is 0 Å². The van der Waals surface area contributed by atoms with E-state index in [0.29, 0.717) is 6.54 Å². The predicted octanol–water partition coefficient (Wildman–Crippen LogP) is -1.97. The SMILES string of the molecule is CCCNC(=O)NC(C(N)=O)C(N)=O. The maximum atomic E-state index is 11.0. The van der Waals surface area contributed by atoms with Crippen LogP contribution in [0.3, 0.4) is 0 Å². The number of nitrogens with one attached hydrogen (secondary N) is 2. The first-order chi connectivity index (χ1) is 6.49. The highest BCUT2D eigenvalue weighted by atomic mass is 16.2. The molecule has 0 fully saturated rings. The Kier molecular flexibility index (Phi) is 5.05. The van der Waals surface area contributed by atoms with E-state index in [1.165, 1.54) is 0 Å². The average Bonchev–Trinajstić information content (AvgIpc) is 2.09. The maximum absolute atomic E-state index is 11.0. The van der Waals surface area contributed by atoms with Gasteiger partial charge in [-0.15, -0.1) is 0 Å². The molecule has 80 valence electrons. The normalized spacial score (nSPS) is 9.57. The smallest absolute Gasteiger partial charge is 0.315 e. The molecule has 0 aromatic carbocycles. The molecule has 7 heteroatoms. The first-order valence-electron chi connectivity index (χ1n) is 4.12. The van der Waals surface area contributed by atoms with Crippen molar-refractivity contribution in [2.24, 2.45) is 11.5 Å². The van der Waals surface area contributed by atoms with Crippen molar-refractivity contribution in [2.75, 3.05) is 6.54 Å². The van der Waals surface area contributed by atoms with Crippen molar-refractivity contribution < 1.29 is 14.4 Å². The van der Waals surface area contributed by atoms with E-state index < -0.39 is 23.9 Å². The summed E-state index contributed by atoms with van der Waals surface area (Å²) in [5.74, 6) is -1.96. The molecule has 0 aliphatic heterocycles. The first-order valence-corrected chi connectivity index (χ1v) is 4.12. The summed E-state index contributed by atoms with van der Waals surface area (Å²) in [7, 11) is 0. The molecule has 0 aromatic rings. The van der Waals surface area contributed by atoms with Crippen LogP contribution in [0.2, 0.25) is 0 Å². The summed E-state index contributed by atoms with van der Waals surface area (Å²) >= 11 is 0. The molecular formula is C7H14N4O3. The second kappa shape index (κ2) is 5.79. The number of carbonyl (C=O) groups is 3. The zero-order chi connectivity index (χ0) is 11.1. The van der Waals surface area contributed by atoms with Gasteiger partial charge in [0.2, 0.25) is 11.8 Å². The number of hydrogen-bond acceptors (Lipinski definition) is 3.